The Labute approximate surface area is 212 Å². The number of hydrogen-bond donors (Lipinski definition) is 2. The maximum atomic E-state index is 11.2. The summed E-state index contributed by atoms with van der Waals surface area (Å²) in [6.45, 7) is 9.21. The monoisotopic (exact) mass is 484 g/mol. The Morgan fingerprint density at radius 1 is 0.618 bits per heavy atom. The number of unbranched alkanes of at least 4 members (excludes halogenated alkanes) is 12. The first-order valence-electron chi connectivity index (χ1n) is 14.9. The average molecular weight is 485 g/mol. The van der Waals surface area contributed by atoms with Crippen LogP contribution in [0, 0.1) is 11.8 Å². The van der Waals surface area contributed by atoms with Gasteiger partial charge in [0.15, 0.2) is 6.29 Å². The van der Waals surface area contributed by atoms with E-state index in [-0.39, 0.29) is 12.5 Å². The van der Waals surface area contributed by atoms with Gasteiger partial charge in [-0.15, -0.1) is 0 Å². The molecule has 0 fully saturated rings. The second kappa shape index (κ2) is 24.1. The van der Waals surface area contributed by atoms with Crippen LogP contribution in [-0.4, -0.2) is 28.6 Å². The van der Waals surface area contributed by atoms with E-state index < -0.39 is 12.3 Å². The molecule has 0 saturated heterocycles. The number of ether oxygens (including phenoxy) is 1. The zero-order chi connectivity index (χ0) is 25.4. The van der Waals surface area contributed by atoms with Gasteiger partial charge >= 0.3 is 5.97 Å². The topological polar surface area (TPSA) is 66.8 Å². The van der Waals surface area contributed by atoms with Crippen LogP contribution < -0.4 is 0 Å². The van der Waals surface area contributed by atoms with E-state index in [2.05, 4.69) is 27.7 Å². The van der Waals surface area contributed by atoms with Crippen LogP contribution in [0.2, 0.25) is 0 Å². The van der Waals surface area contributed by atoms with Crippen molar-refractivity contribution in [3.8, 4) is 0 Å². The fourth-order valence-electron chi connectivity index (χ4n) is 4.56. The molecule has 0 aromatic rings. The van der Waals surface area contributed by atoms with Gasteiger partial charge in [0.1, 0.15) is 0 Å². The third kappa shape index (κ3) is 23.1. The SMILES string of the molecule is CC[C@@H](C)CCCCCCCCCC[C@H](O)O[C@H](CCCCCCCC[C@H](C)CC)CC(=O)O. The van der Waals surface area contributed by atoms with E-state index >= 15 is 0 Å². The summed E-state index contributed by atoms with van der Waals surface area (Å²) in [5, 5.41) is 19.4. The molecule has 0 radical (unpaired) electrons. The minimum absolute atomic E-state index is 0.0109. The van der Waals surface area contributed by atoms with Crippen LogP contribution in [0.1, 0.15) is 163 Å². The predicted molar refractivity (Wildman–Crippen MR) is 145 cm³/mol. The first-order valence-corrected chi connectivity index (χ1v) is 14.9. The number of carbonyl (C=O) groups is 1. The summed E-state index contributed by atoms with van der Waals surface area (Å²) in [7, 11) is 0. The van der Waals surface area contributed by atoms with E-state index in [1.807, 2.05) is 0 Å². The quantitative estimate of drug-likeness (QED) is 0.0948. The lowest BCUT2D eigenvalue weighted by molar-refractivity contribution is -0.158. The van der Waals surface area contributed by atoms with Crippen molar-refractivity contribution in [1.29, 1.82) is 0 Å². The van der Waals surface area contributed by atoms with Crippen molar-refractivity contribution in [1.82, 2.24) is 0 Å². The molecule has 0 rings (SSSR count). The number of aliphatic hydroxyl groups is 1. The van der Waals surface area contributed by atoms with E-state index in [1.54, 1.807) is 0 Å². The summed E-state index contributed by atoms with van der Waals surface area (Å²) in [6.07, 6.45) is 22.6. The highest BCUT2D eigenvalue weighted by atomic mass is 16.6. The smallest absolute Gasteiger partial charge is 0.305 e. The molecule has 0 aliphatic carbocycles. The van der Waals surface area contributed by atoms with Gasteiger partial charge in [-0.3, -0.25) is 4.79 Å². The van der Waals surface area contributed by atoms with Crippen LogP contribution >= 0.6 is 0 Å². The molecule has 0 saturated carbocycles. The number of carboxylic acids is 1. The predicted octanol–water partition coefficient (Wildman–Crippen LogP) is 9.28. The Morgan fingerprint density at radius 2 is 0.971 bits per heavy atom. The number of carboxylic acid groups (broad SMARTS) is 1. The lowest BCUT2D eigenvalue weighted by Gasteiger charge is -2.20. The zero-order valence-electron chi connectivity index (χ0n) is 23.4. The molecule has 0 aromatic heterocycles. The fourth-order valence-corrected chi connectivity index (χ4v) is 4.56. The van der Waals surface area contributed by atoms with Gasteiger partial charge < -0.3 is 14.9 Å². The molecule has 204 valence electrons. The Hall–Kier alpha value is -0.610. The minimum Gasteiger partial charge on any atom is -0.481 e. The van der Waals surface area contributed by atoms with Gasteiger partial charge in [-0.05, 0) is 31.1 Å². The number of aliphatic hydroxyl groups excluding tert-OH is 1. The molecule has 34 heavy (non-hydrogen) atoms. The van der Waals surface area contributed by atoms with E-state index in [9.17, 15) is 15.0 Å². The van der Waals surface area contributed by atoms with Gasteiger partial charge in [0.2, 0.25) is 0 Å². The first kappa shape index (κ1) is 33.4. The van der Waals surface area contributed by atoms with Gasteiger partial charge in [0.25, 0.3) is 0 Å². The van der Waals surface area contributed by atoms with Gasteiger partial charge in [0, 0.05) is 0 Å². The summed E-state index contributed by atoms with van der Waals surface area (Å²) in [4.78, 5) is 11.2. The third-order valence-corrected chi connectivity index (χ3v) is 7.52. The Balaban J connectivity index is 3.75. The molecule has 4 nitrogen and oxygen atoms in total. The van der Waals surface area contributed by atoms with Gasteiger partial charge in [-0.25, -0.2) is 0 Å². The van der Waals surface area contributed by atoms with Crippen molar-refractivity contribution in [2.75, 3.05) is 0 Å². The lowest BCUT2D eigenvalue weighted by Crippen LogP contribution is -2.24. The van der Waals surface area contributed by atoms with Gasteiger partial charge in [0.05, 0.1) is 12.5 Å². The van der Waals surface area contributed by atoms with Crippen molar-refractivity contribution in [2.45, 2.75) is 175 Å². The summed E-state index contributed by atoms with van der Waals surface area (Å²) in [5.74, 6) is 0.874. The largest absolute Gasteiger partial charge is 0.481 e. The van der Waals surface area contributed by atoms with E-state index in [0.717, 1.165) is 43.9 Å². The average Bonchev–Trinajstić information content (AvgIpc) is 2.80. The molecule has 0 heterocycles. The molecule has 0 spiro atoms. The molecule has 0 aromatic carbocycles. The maximum absolute atomic E-state index is 11.2. The second-order valence-electron chi connectivity index (χ2n) is 10.9. The fraction of sp³-hybridized carbons (Fsp3) is 0.967. The standard InChI is InChI=1S/C30H60O4/c1-5-26(3)21-17-13-9-7-8-10-16-20-24-30(33)34-28(25-29(31)32)23-19-15-12-11-14-18-22-27(4)6-2/h26-28,30,33H,5-25H2,1-4H3,(H,31,32)/t26-,27-,28-,30-/m1/s1. The Bertz CT molecular complexity index is 440. The molecule has 4 heteroatoms. The summed E-state index contributed by atoms with van der Waals surface area (Å²) in [6, 6.07) is 0. The molecule has 0 aliphatic rings. The third-order valence-electron chi connectivity index (χ3n) is 7.52. The molecular weight excluding hydrogens is 424 g/mol. The van der Waals surface area contributed by atoms with Crippen molar-refractivity contribution in [2.24, 2.45) is 11.8 Å². The summed E-state index contributed by atoms with van der Waals surface area (Å²) < 4.78 is 5.72. The zero-order valence-corrected chi connectivity index (χ0v) is 23.4. The van der Waals surface area contributed by atoms with E-state index in [1.165, 1.54) is 89.9 Å². The van der Waals surface area contributed by atoms with Crippen molar-refractivity contribution >= 4 is 5.97 Å². The Kier molecular flexibility index (Phi) is 23.7. The molecule has 0 bridgehead atoms. The molecule has 0 amide bonds. The number of hydrogen-bond acceptors (Lipinski definition) is 3. The first-order chi connectivity index (χ1) is 16.4. The molecule has 0 aliphatic heterocycles. The Morgan fingerprint density at radius 3 is 1.35 bits per heavy atom. The maximum Gasteiger partial charge on any atom is 0.305 e. The van der Waals surface area contributed by atoms with E-state index in [4.69, 9.17) is 4.74 Å². The van der Waals surface area contributed by atoms with Crippen LogP contribution in [0.25, 0.3) is 0 Å². The lowest BCUT2D eigenvalue weighted by atomic mass is 9.99. The van der Waals surface area contributed by atoms with Gasteiger partial charge in [-0.2, -0.15) is 0 Å². The van der Waals surface area contributed by atoms with Crippen molar-refractivity contribution < 1.29 is 19.7 Å². The van der Waals surface area contributed by atoms with E-state index in [0.29, 0.717) is 6.42 Å². The summed E-state index contributed by atoms with van der Waals surface area (Å²) in [5.41, 5.74) is 0. The van der Waals surface area contributed by atoms with Crippen LogP contribution in [0.5, 0.6) is 0 Å². The van der Waals surface area contributed by atoms with Crippen molar-refractivity contribution in [3.05, 3.63) is 0 Å². The van der Waals surface area contributed by atoms with Gasteiger partial charge in [-0.1, -0.05) is 137 Å². The molecule has 4 atom stereocenters. The number of aliphatic carboxylic acids is 1. The number of rotatable bonds is 26. The van der Waals surface area contributed by atoms with Crippen LogP contribution in [0.3, 0.4) is 0 Å². The molecule has 0 unspecified atom stereocenters. The van der Waals surface area contributed by atoms with Crippen LogP contribution in [0.4, 0.5) is 0 Å². The highest BCUT2D eigenvalue weighted by Crippen LogP contribution is 2.19. The molecular formula is C30H60O4. The minimum atomic E-state index is -0.841. The van der Waals surface area contributed by atoms with Crippen molar-refractivity contribution in [3.63, 3.8) is 0 Å². The second-order valence-corrected chi connectivity index (χ2v) is 10.9. The summed E-state index contributed by atoms with van der Waals surface area (Å²) >= 11 is 0. The van der Waals surface area contributed by atoms with Crippen LogP contribution in [-0.2, 0) is 9.53 Å². The molecule has 2 N–H and O–H groups in total. The normalized spacial score (nSPS) is 15.2. The highest BCUT2D eigenvalue weighted by Gasteiger charge is 2.17. The highest BCUT2D eigenvalue weighted by molar-refractivity contribution is 5.67. The van der Waals surface area contributed by atoms with Crippen LogP contribution in [0.15, 0.2) is 0 Å².